The van der Waals surface area contributed by atoms with Gasteiger partial charge in [-0.2, -0.15) is 0 Å². The van der Waals surface area contributed by atoms with Crippen molar-refractivity contribution in [2.24, 2.45) is 0 Å². The summed E-state index contributed by atoms with van der Waals surface area (Å²) in [6, 6.07) is 6.33. The molecule has 0 aliphatic heterocycles. The van der Waals surface area contributed by atoms with Crippen molar-refractivity contribution in [3.8, 4) is 5.75 Å². The van der Waals surface area contributed by atoms with Crippen LogP contribution in [0.3, 0.4) is 0 Å². The molecule has 2 nitrogen and oxygen atoms in total. The Bertz CT molecular complexity index is 534. The standard InChI is InChI=1S/C12H8ClF2NO/c13-12-5-8(3-4-16-12)7-17-11-6-9(14)1-2-10(11)15/h1-6H,7H2. The lowest BCUT2D eigenvalue weighted by Gasteiger charge is -2.07. The van der Waals surface area contributed by atoms with E-state index in [2.05, 4.69) is 4.98 Å². The molecular weight excluding hydrogens is 248 g/mol. The second-order valence-corrected chi connectivity index (χ2v) is 3.74. The zero-order valence-electron chi connectivity index (χ0n) is 8.66. The number of pyridine rings is 1. The summed E-state index contributed by atoms with van der Waals surface area (Å²) in [5, 5.41) is 0.325. The zero-order chi connectivity index (χ0) is 12.3. The van der Waals surface area contributed by atoms with Crippen LogP contribution in [0.4, 0.5) is 8.78 Å². The number of hydrogen-bond donors (Lipinski definition) is 0. The fraction of sp³-hybridized carbons (Fsp3) is 0.0833. The molecule has 0 N–H and O–H groups in total. The molecule has 1 heterocycles. The molecule has 0 fully saturated rings. The SMILES string of the molecule is Fc1ccc(F)c(OCc2ccnc(Cl)c2)c1. The van der Waals surface area contributed by atoms with Crippen LogP contribution >= 0.6 is 11.6 Å². The number of ether oxygens (including phenoxy) is 1. The van der Waals surface area contributed by atoms with E-state index in [1.54, 1.807) is 12.1 Å². The van der Waals surface area contributed by atoms with Gasteiger partial charge in [0.25, 0.3) is 0 Å². The third-order valence-corrected chi connectivity index (χ3v) is 2.29. The van der Waals surface area contributed by atoms with E-state index < -0.39 is 11.6 Å². The normalized spacial score (nSPS) is 10.3. The third kappa shape index (κ3) is 3.14. The van der Waals surface area contributed by atoms with Gasteiger partial charge in [-0.3, -0.25) is 0 Å². The number of benzene rings is 1. The fourth-order valence-electron chi connectivity index (χ4n) is 1.28. The summed E-state index contributed by atoms with van der Waals surface area (Å²) in [5.41, 5.74) is 0.730. The molecule has 0 spiro atoms. The molecule has 0 unspecified atom stereocenters. The number of aromatic nitrogens is 1. The maximum absolute atomic E-state index is 13.2. The Kier molecular flexibility index (Phi) is 3.54. The molecule has 1 aromatic carbocycles. The molecule has 2 aromatic rings. The predicted octanol–water partition coefficient (Wildman–Crippen LogP) is 3.59. The summed E-state index contributed by atoms with van der Waals surface area (Å²) in [6.45, 7) is 0.0998. The molecule has 0 aliphatic rings. The predicted molar refractivity (Wildman–Crippen MR) is 59.9 cm³/mol. The molecule has 1 aromatic heterocycles. The van der Waals surface area contributed by atoms with Gasteiger partial charge in [0.1, 0.15) is 17.6 Å². The molecule has 0 bridgehead atoms. The van der Waals surface area contributed by atoms with Crippen molar-refractivity contribution in [2.75, 3.05) is 0 Å². The van der Waals surface area contributed by atoms with Crippen molar-refractivity contribution in [1.82, 2.24) is 4.98 Å². The smallest absolute Gasteiger partial charge is 0.165 e. The molecule has 0 aliphatic carbocycles. The first-order valence-electron chi connectivity index (χ1n) is 4.83. The number of hydrogen-bond acceptors (Lipinski definition) is 2. The summed E-state index contributed by atoms with van der Waals surface area (Å²) in [7, 11) is 0. The van der Waals surface area contributed by atoms with Crippen molar-refractivity contribution in [3.63, 3.8) is 0 Å². The Morgan fingerprint density at radius 2 is 2.00 bits per heavy atom. The van der Waals surface area contributed by atoms with Crippen molar-refractivity contribution >= 4 is 11.6 Å². The van der Waals surface area contributed by atoms with Crippen LogP contribution in [0.25, 0.3) is 0 Å². The van der Waals surface area contributed by atoms with Gasteiger partial charge < -0.3 is 4.74 Å². The largest absolute Gasteiger partial charge is 0.486 e. The van der Waals surface area contributed by atoms with Gasteiger partial charge >= 0.3 is 0 Å². The first-order valence-corrected chi connectivity index (χ1v) is 5.21. The highest BCUT2D eigenvalue weighted by molar-refractivity contribution is 6.29. The lowest BCUT2D eigenvalue weighted by molar-refractivity contribution is 0.288. The van der Waals surface area contributed by atoms with Crippen molar-refractivity contribution in [3.05, 3.63) is 58.9 Å². The van der Waals surface area contributed by atoms with Crippen LogP contribution in [0, 0.1) is 11.6 Å². The quantitative estimate of drug-likeness (QED) is 0.782. The van der Waals surface area contributed by atoms with E-state index in [-0.39, 0.29) is 12.4 Å². The second-order valence-electron chi connectivity index (χ2n) is 3.35. The van der Waals surface area contributed by atoms with Gasteiger partial charge in [-0.25, -0.2) is 13.8 Å². The Morgan fingerprint density at radius 1 is 1.18 bits per heavy atom. The van der Waals surface area contributed by atoms with Gasteiger partial charge in [0.2, 0.25) is 0 Å². The van der Waals surface area contributed by atoms with Gasteiger partial charge in [0.05, 0.1) is 0 Å². The van der Waals surface area contributed by atoms with Gasteiger partial charge in [-0.15, -0.1) is 0 Å². The fourth-order valence-corrected chi connectivity index (χ4v) is 1.48. The molecule has 0 atom stereocenters. The highest BCUT2D eigenvalue weighted by Gasteiger charge is 2.05. The van der Waals surface area contributed by atoms with Gasteiger partial charge in [-0.1, -0.05) is 11.6 Å². The summed E-state index contributed by atoms with van der Waals surface area (Å²) in [5.74, 6) is -1.28. The number of nitrogens with zero attached hydrogens (tertiary/aromatic N) is 1. The van der Waals surface area contributed by atoms with Crippen LogP contribution in [0.5, 0.6) is 5.75 Å². The van der Waals surface area contributed by atoms with Gasteiger partial charge in [0.15, 0.2) is 11.6 Å². The van der Waals surface area contributed by atoms with Crippen LogP contribution in [0.2, 0.25) is 5.15 Å². The van der Waals surface area contributed by atoms with E-state index in [0.29, 0.717) is 5.15 Å². The maximum Gasteiger partial charge on any atom is 0.165 e. The molecular formula is C12H8ClF2NO. The van der Waals surface area contributed by atoms with Crippen LogP contribution in [0.1, 0.15) is 5.56 Å². The minimum absolute atomic E-state index is 0.0998. The molecule has 2 rings (SSSR count). The topological polar surface area (TPSA) is 22.1 Å². The highest BCUT2D eigenvalue weighted by atomic mass is 35.5. The van der Waals surface area contributed by atoms with Crippen molar-refractivity contribution < 1.29 is 13.5 Å². The second kappa shape index (κ2) is 5.10. The van der Waals surface area contributed by atoms with Crippen LogP contribution in [-0.4, -0.2) is 4.98 Å². The minimum Gasteiger partial charge on any atom is -0.486 e. The van der Waals surface area contributed by atoms with Crippen LogP contribution < -0.4 is 4.74 Å². The van der Waals surface area contributed by atoms with E-state index in [1.807, 2.05) is 0 Å². The molecule has 0 amide bonds. The van der Waals surface area contributed by atoms with Crippen molar-refractivity contribution in [1.29, 1.82) is 0 Å². The van der Waals surface area contributed by atoms with E-state index in [1.165, 1.54) is 6.20 Å². The van der Waals surface area contributed by atoms with Gasteiger partial charge in [-0.05, 0) is 29.8 Å². The lowest BCUT2D eigenvalue weighted by Crippen LogP contribution is -1.98. The Balaban J connectivity index is 2.09. The van der Waals surface area contributed by atoms with Crippen LogP contribution in [-0.2, 0) is 6.61 Å². The number of halogens is 3. The Morgan fingerprint density at radius 3 is 2.76 bits per heavy atom. The molecule has 88 valence electrons. The summed E-state index contributed by atoms with van der Waals surface area (Å²) in [6.07, 6.45) is 1.52. The average Bonchev–Trinajstić information content (AvgIpc) is 2.30. The Labute approximate surface area is 102 Å². The summed E-state index contributed by atoms with van der Waals surface area (Å²) in [4.78, 5) is 3.80. The molecule has 0 saturated heterocycles. The van der Waals surface area contributed by atoms with E-state index in [4.69, 9.17) is 16.3 Å². The first-order chi connectivity index (χ1) is 8.15. The number of rotatable bonds is 3. The molecule has 5 heteroatoms. The van der Waals surface area contributed by atoms with Crippen molar-refractivity contribution in [2.45, 2.75) is 6.61 Å². The molecule has 0 radical (unpaired) electrons. The maximum atomic E-state index is 13.2. The van der Waals surface area contributed by atoms with E-state index in [0.717, 1.165) is 23.8 Å². The van der Waals surface area contributed by atoms with E-state index >= 15 is 0 Å². The molecule has 17 heavy (non-hydrogen) atoms. The molecule has 0 saturated carbocycles. The zero-order valence-corrected chi connectivity index (χ0v) is 9.42. The summed E-state index contributed by atoms with van der Waals surface area (Å²) < 4.78 is 31.2. The Hall–Kier alpha value is -1.68. The first kappa shape index (κ1) is 11.8. The van der Waals surface area contributed by atoms with Gasteiger partial charge in [0, 0.05) is 12.3 Å². The van der Waals surface area contributed by atoms with Crippen LogP contribution in [0.15, 0.2) is 36.5 Å². The third-order valence-electron chi connectivity index (χ3n) is 2.08. The van der Waals surface area contributed by atoms with E-state index in [9.17, 15) is 8.78 Å². The summed E-state index contributed by atoms with van der Waals surface area (Å²) >= 11 is 5.68. The minimum atomic E-state index is -0.605. The monoisotopic (exact) mass is 255 g/mol. The highest BCUT2D eigenvalue weighted by Crippen LogP contribution is 2.19. The lowest BCUT2D eigenvalue weighted by atomic mass is 10.3. The average molecular weight is 256 g/mol.